The van der Waals surface area contributed by atoms with Gasteiger partial charge in [0, 0.05) is 12.1 Å². The van der Waals surface area contributed by atoms with Crippen LogP contribution >= 0.6 is 0 Å². The number of methoxy groups -OCH3 is 1. The quantitative estimate of drug-likeness (QED) is 0.768. The van der Waals surface area contributed by atoms with Gasteiger partial charge in [0.2, 0.25) is 5.91 Å². The first-order valence-corrected chi connectivity index (χ1v) is 7.00. The number of carbonyl (C=O) groups is 2. The van der Waals surface area contributed by atoms with Crippen molar-refractivity contribution in [3.05, 3.63) is 23.8 Å². The number of anilines is 1. The molecule has 1 aliphatic heterocycles. The Labute approximate surface area is 123 Å². The molecule has 0 fully saturated rings. The highest BCUT2D eigenvalue weighted by molar-refractivity contribution is 5.94. The number of hydrogen-bond donors (Lipinski definition) is 2. The molecule has 114 valence electrons. The molecule has 0 saturated carbocycles. The summed E-state index contributed by atoms with van der Waals surface area (Å²) >= 11 is 0. The molecule has 2 rings (SSSR count). The lowest BCUT2D eigenvalue weighted by Gasteiger charge is -2.19. The maximum absolute atomic E-state index is 11.6. The molecule has 1 aromatic rings. The molecule has 0 aromatic heterocycles. The minimum absolute atomic E-state index is 0.0362. The summed E-state index contributed by atoms with van der Waals surface area (Å²) in [5, 5.41) is 5.83. The number of fused-ring (bicyclic) bond motifs is 1. The van der Waals surface area contributed by atoms with Gasteiger partial charge in [0.15, 0.2) is 0 Å². The number of likely N-dealkylation sites (N-methyl/N-ethyl adjacent to an activating group) is 1. The Morgan fingerprint density at radius 2 is 2.24 bits per heavy atom. The number of esters is 1. The molecule has 6 heteroatoms. The molecular formula is C15H20N2O4. The molecule has 21 heavy (non-hydrogen) atoms. The van der Waals surface area contributed by atoms with Crippen LogP contribution in [-0.2, 0) is 20.7 Å². The van der Waals surface area contributed by atoms with Crippen molar-refractivity contribution in [2.75, 3.05) is 25.6 Å². The average molecular weight is 292 g/mol. The first-order chi connectivity index (χ1) is 10.1. The molecule has 6 nitrogen and oxygen atoms in total. The van der Waals surface area contributed by atoms with Gasteiger partial charge in [-0.15, -0.1) is 0 Å². The van der Waals surface area contributed by atoms with E-state index >= 15 is 0 Å². The first-order valence-electron chi connectivity index (χ1n) is 7.00. The molecule has 0 aliphatic carbocycles. The fourth-order valence-corrected chi connectivity index (χ4v) is 2.23. The fourth-order valence-electron chi connectivity index (χ4n) is 2.23. The van der Waals surface area contributed by atoms with E-state index in [0.29, 0.717) is 25.1 Å². The van der Waals surface area contributed by atoms with Crippen molar-refractivity contribution in [2.45, 2.75) is 25.8 Å². The maximum Gasteiger partial charge on any atom is 0.326 e. The molecule has 1 amide bonds. The SMILES string of the molecule is CCNC(COc1ccc2c(c1)CCC(=O)N2)C(=O)OC. The molecule has 1 aromatic carbocycles. The summed E-state index contributed by atoms with van der Waals surface area (Å²) in [4.78, 5) is 22.9. The minimum atomic E-state index is -0.490. The summed E-state index contributed by atoms with van der Waals surface area (Å²) < 4.78 is 10.4. The zero-order valence-corrected chi connectivity index (χ0v) is 12.3. The van der Waals surface area contributed by atoms with E-state index in [0.717, 1.165) is 11.3 Å². The number of rotatable bonds is 6. The molecule has 0 saturated heterocycles. The normalized spacial score (nSPS) is 14.9. The topological polar surface area (TPSA) is 76.7 Å². The number of ether oxygens (including phenoxy) is 2. The van der Waals surface area contributed by atoms with Crippen molar-refractivity contribution in [3.8, 4) is 5.75 Å². The van der Waals surface area contributed by atoms with Gasteiger partial charge < -0.3 is 20.1 Å². The van der Waals surface area contributed by atoms with Crippen LogP contribution in [-0.4, -0.2) is 38.2 Å². The van der Waals surface area contributed by atoms with Crippen LogP contribution in [0.25, 0.3) is 0 Å². The number of amides is 1. The fraction of sp³-hybridized carbons (Fsp3) is 0.467. The zero-order valence-electron chi connectivity index (χ0n) is 12.3. The second kappa shape index (κ2) is 7.08. The number of benzene rings is 1. The second-order valence-electron chi connectivity index (χ2n) is 4.81. The Balaban J connectivity index is 1.99. The van der Waals surface area contributed by atoms with Crippen LogP contribution in [0.15, 0.2) is 18.2 Å². The summed E-state index contributed by atoms with van der Waals surface area (Å²) in [6.07, 6.45) is 1.19. The van der Waals surface area contributed by atoms with Gasteiger partial charge in [0.05, 0.1) is 7.11 Å². The van der Waals surface area contributed by atoms with Gasteiger partial charge in [-0.1, -0.05) is 6.92 Å². The Kier molecular flexibility index (Phi) is 5.16. The van der Waals surface area contributed by atoms with Crippen LogP contribution in [0.4, 0.5) is 5.69 Å². The average Bonchev–Trinajstić information content (AvgIpc) is 2.50. The smallest absolute Gasteiger partial charge is 0.326 e. The van der Waals surface area contributed by atoms with Crippen molar-refractivity contribution in [1.82, 2.24) is 5.32 Å². The lowest BCUT2D eigenvalue weighted by molar-refractivity contribution is -0.143. The standard InChI is InChI=1S/C15H20N2O4/c1-3-16-13(15(19)20-2)9-21-11-5-6-12-10(8-11)4-7-14(18)17-12/h5-6,8,13,16H,3-4,7,9H2,1-2H3,(H,17,18). The molecular weight excluding hydrogens is 272 g/mol. The van der Waals surface area contributed by atoms with Crippen LogP contribution < -0.4 is 15.4 Å². The molecule has 1 aliphatic rings. The van der Waals surface area contributed by atoms with Crippen molar-refractivity contribution < 1.29 is 19.1 Å². The van der Waals surface area contributed by atoms with Crippen LogP contribution in [0.3, 0.4) is 0 Å². The Morgan fingerprint density at radius 1 is 1.43 bits per heavy atom. The third-order valence-electron chi connectivity index (χ3n) is 3.33. The van der Waals surface area contributed by atoms with E-state index in [1.165, 1.54) is 7.11 Å². The van der Waals surface area contributed by atoms with Crippen LogP contribution in [0.5, 0.6) is 5.75 Å². The molecule has 0 spiro atoms. The highest BCUT2D eigenvalue weighted by Crippen LogP contribution is 2.26. The van der Waals surface area contributed by atoms with E-state index in [2.05, 4.69) is 10.6 Å². The summed E-state index contributed by atoms with van der Waals surface area (Å²) in [7, 11) is 1.36. The van der Waals surface area contributed by atoms with Crippen LogP contribution in [0.2, 0.25) is 0 Å². The van der Waals surface area contributed by atoms with Gasteiger partial charge in [0.1, 0.15) is 18.4 Å². The van der Waals surface area contributed by atoms with Crippen LogP contribution in [0.1, 0.15) is 18.9 Å². The van der Waals surface area contributed by atoms with E-state index in [-0.39, 0.29) is 18.5 Å². The summed E-state index contributed by atoms with van der Waals surface area (Å²) in [5.74, 6) is 0.368. The minimum Gasteiger partial charge on any atom is -0.491 e. The summed E-state index contributed by atoms with van der Waals surface area (Å²) in [6.45, 7) is 2.77. The summed E-state index contributed by atoms with van der Waals surface area (Å²) in [6, 6.07) is 5.01. The van der Waals surface area contributed by atoms with Gasteiger partial charge in [-0.3, -0.25) is 9.59 Å². The Hall–Kier alpha value is -2.08. The van der Waals surface area contributed by atoms with Gasteiger partial charge >= 0.3 is 5.97 Å². The van der Waals surface area contributed by atoms with E-state index in [1.807, 2.05) is 19.1 Å². The first kappa shape index (κ1) is 15.3. The monoisotopic (exact) mass is 292 g/mol. The van der Waals surface area contributed by atoms with Crippen molar-refractivity contribution in [3.63, 3.8) is 0 Å². The largest absolute Gasteiger partial charge is 0.491 e. The Morgan fingerprint density at radius 3 is 2.95 bits per heavy atom. The van der Waals surface area contributed by atoms with Crippen molar-refractivity contribution >= 4 is 17.6 Å². The molecule has 1 heterocycles. The Bertz CT molecular complexity index is 530. The molecule has 0 radical (unpaired) electrons. The molecule has 0 bridgehead atoms. The third kappa shape index (κ3) is 3.95. The lowest BCUT2D eigenvalue weighted by Crippen LogP contribution is -2.42. The van der Waals surface area contributed by atoms with Gasteiger partial charge in [-0.05, 0) is 36.7 Å². The van der Waals surface area contributed by atoms with Gasteiger partial charge in [-0.2, -0.15) is 0 Å². The highest BCUT2D eigenvalue weighted by Gasteiger charge is 2.19. The predicted molar refractivity (Wildman–Crippen MR) is 78.4 cm³/mol. The molecule has 2 N–H and O–H groups in total. The van der Waals surface area contributed by atoms with Crippen molar-refractivity contribution in [1.29, 1.82) is 0 Å². The molecule has 1 atom stereocenters. The van der Waals surface area contributed by atoms with Gasteiger partial charge in [0.25, 0.3) is 0 Å². The van der Waals surface area contributed by atoms with E-state index in [1.54, 1.807) is 6.07 Å². The third-order valence-corrected chi connectivity index (χ3v) is 3.33. The highest BCUT2D eigenvalue weighted by atomic mass is 16.5. The van der Waals surface area contributed by atoms with Crippen molar-refractivity contribution in [2.24, 2.45) is 0 Å². The van der Waals surface area contributed by atoms with E-state index in [4.69, 9.17) is 9.47 Å². The number of carbonyl (C=O) groups excluding carboxylic acids is 2. The summed E-state index contributed by atoms with van der Waals surface area (Å²) in [5.41, 5.74) is 1.87. The van der Waals surface area contributed by atoms with Gasteiger partial charge in [-0.25, -0.2) is 0 Å². The predicted octanol–water partition coefficient (Wildman–Crippen LogP) is 1.10. The van der Waals surface area contributed by atoms with Crippen LogP contribution in [0, 0.1) is 0 Å². The number of hydrogen-bond acceptors (Lipinski definition) is 5. The molecule has 1 unspecified atom stereocenters. The maximum atomic E-state index is 11.6. The number of nitrogens with one attached hydrogen (secondary N) is 2. The van der Waals surface area contributed by atoms with E-state index < -0.39 is 6.04 Å². The second-order valence-corrected chi connectivity index (χ2v) is 4.81. The lowest BCUT2D eigenvalue weighted by atomic mass is 10.0. The van der Waals surface area contributed by atoms with E-state index in [9.17, 15) is 9.59 Å². The zero-order chi connectivity index (χ0) is 15.2. The number of aryl methyl sites for hydroxylation is 1.